The number of hydrogen-bond donors (Lipinski definition) is 2. The monoisotopic (exact) mass is 187 g/mol. The van der Waals surface area contributed by atoms with Crippen molar-refractivity contribution in [3.05, 3.63) is 0 Å². The van der Waals surface area contributed by atoms with Crippen LogP contribution in [0.25, 0.3) is 0 Å². The van der Waals surface area contributed by atoms with Gasteiger partial charge < -0.3 is 15.6 Å². The Balaban J connectivity index is 3.51. The Bertz CT molecular complexity index is 159. The lowest BCUT2D eigenvalue weighted by Gasteiger charge is -2.09. The second kappa shape index (κ2) is 4.27. The minimum Gasteiger partial charge on any atom is -0.480 e. The number of nitrogens with two attached hydrogens (primary N) is 1. The average Bonchev–Trinajstić information content (AvgIpc) is 1.84. The molecule has 0 saturated heterocycles. The first-order valence-corrected chi connectivity index (χ1v) is 2.96. The standard InChI is InChI=1S/C5H8F3NO3/c6-5(7,8)2-12-1-3(9)4(10)11/h3H,1-2,9H2,(H,10,11)/t3-/m1/s1. The first-order valence-electron chi connectivity index (χ1n) is 2.96. The fourth-order valence-corrected chi connectivity index (χ4v) is 0.373. The first kappa shape index (κ1) is 11.2. The van der Waals surface area contributed by atoms with E-state index < -0.39 is 31.4 Å². The third-order valence-electron chi connectivity index (χ3n) is 0.880. The summed E-state index contributed by atoms with van der Waals surface area (Å²) in [6.07, 6.45) is -4.45. The van der Waals surface area contributed by atoms with E-state index in [0.717, 1.165) is 0 Å². The van der Waals surface area contributed by atoms with Crippen LogP contribution in [-0.4, -0.2) is 36.5 Å². The number of hydrogen-bond acceptors (Lipinski definition) is 3. The number of halogens is 3. The molecule has 1 atom stereocenters. The van der Waals surface area contributed by atoms with E-state index in [1.807, 2.05) is 0 Å². The average molecular weight is 187 g/mol. The summed E-state index contributed by atoms with van der Waals surface area (Å²) in [7, 11) is 0. The van der Waals surface area contributed by atoms with Gasteiger partial charge in [0.05, 0.1) is 6.61 Å². The van der Waals surface area contributed by atoms with Gasteiger partial charge >= 0.3 is 12.1 Å². The molecule has 4 nitrogen and oxygen atoms in total. The topological polar surface area (TPSA) is 72.5 Å². The van der Waals surface area contributed by atoms with E-state index in [1.165, 1.54) is 0 Å². The Hall–Kier alpha value is -0.820. The van der Waals surface area contributed by atoms with Crippen molar-refractivity contribution in [3.8, 4) is 0 Å². The van der Waals surface area contributed by atoms with Gasteiger partial charge in [-0.2, -0.15) is 13.2 Å². The molecule has 3 N–H and O–H groups in total. The summed E-state index contributed by atoms with van der Waals surface area (Å²) in [6, 6.07) is -1.41. The quantitative estimate of drug-likeness (QED) is 0.648. The number of rotatable bonds is 4. The molecule has 0 aliphatic rings. The van der Waals surface area contributed by atoms with Crippen LogP contribution in [-0.2, 0) is 9.53 Å². The molecule has 72 valence electrons. The second-order valence-corrected chi connectivity index (χ2v) is 2.08. The fraction of sp³-hybridized carbons (Fsp3) is 0.800. The molecule has 0 rings (SSSR count). The van der Waals surface area contributed by atoms with Crippen LogP contribution in [0.5, 0.6) is 0 Å². The lowest BCUT2D eigenvalue weighted by atomic mass is 10.3. The summed E-state index contributed by atoms with van der Waals surface area (Å²) in [5.41, 5.74) is 4.85. The normalized spacial score (nSPS) is 14.3. The molecule has 0 amide bonds. The highest BCUT2D eigenvalue weighted by Crippen LogP contribution is 2.14. The maximum atomic E-state index is 11.4. The fourth-order valence-electron chi connectivity index (χ4n) is 0.373. The van der Waals surface area contributed by atoms with Gasteiger partial charge in [0.15, 0.2) is 0 Å². The predicted octanol–water partition coefficient (Wildman–Crippen LogP) is -0.0228. The van der Waals surface area contributed by atoms with Crippen LogP contribution in [0.2, 0.25) is 0 Å². The number of carboxylic acid groups (broad SMARTS) is 1. The van der Waals surface area contributed by atoms with Gasteiger partial charge in [0, 0.05) is 0 Å². The molecule has 0 aromatic heterocycles. The van der Waals surface area contributed by atoms with Crippen molar-refractivity contribution in [3.63, 3.8) is 0 Å². The molecule has 0 radical (unpaired) electrons. The molecule has 0 aliphatic heterocycles. The van der Waals surface area contributed by atoms with E-state index in [9.17, 15) is 18.0 Å². The van der Waals surface area contributed by atoms with Gasteiger partial charge in [0.25, 0.3) is 0 Å². The number of carboxylic acids is 1. The Morgan fingerprint density at radius 1 is 1.58 bits per heavy atom. The van der Waals surface area contributed by atoms with E-state index in [1.54, 1.807) is 0 Å². The summed E-state index contributed by atoms with van der Waals surface area (Å²) in [5, 5.41) is 8.13. The Kier molecular flexibility index (Phi) is 3.98. The van der Waals surface area contributed by atoms with Crippen molar-refractivity contribution in [2.24, 2.45) is 5.73 Å². The minimum atomic E-state index is -4.45. The van der Waals surface area contributed by atoms with Gasteiger partial charge in [-0.05, 0) is 0 Å². The molecular formula is C5H8F3NO3. The smallest absolute Gasteiger partial charge is 0.411 e. The van der Waals surface area contributed by atoms with Gasteiger partial charge in [-0.15, -0.1) is 0 Å². The van der Waals surface area contributed by atoms with Crippen LogP contribution in [0.3, 0.4) is 0 Å². The molecule has 0 fully saturated rings. The third kappa shape index (κ3) is 5.93. The summed E-state index contributed by atoms with van der Waals surface area (Å²) < 4.78 is 38.2. The molecule has 0 aromatic carbocycles. The van der Waals surface area contributed by atoms with Gasteiger partial charge in [-0.3, -0.25) is 4.79 Å². The molecule has 7 heteroatoms. The van der Waals surface area contributed by atoms with Crippen LogP contribution in [0.15, 0.2) is 0 Å². The number of alkyl halides is 3. The molecule has 0 bridgehead atoms. The van der Waals surface area contributed by atoms with Crippen molar-refractivity contribution in [2.45, 2.75) is 12.2 Å². The van der Waals surface area contributed by atoms with Crippen molar-refractivity contribution < 1.29 is 27.8 Å². The van der Waals surface area contributed by atoms with E-state index in [4.69, 9.17) is 10.8 Å². The zero-order chi connectivity index (χ0) is 9.78. The maximum Gasteiger partial charge on any atom is 0.411 e. The van der Waals surface area contributed by atoms with E-state index in [0.29, 0.717) is 0 Å². The Morgan fingerprint density at radius 2 is 2.08 bits per heavy atom. The Labute approximate surface area is 66.1 Å². The van der Waals surface area contributed by atoms with E-state index >= 15 is 0 Å². The van der Waals surface area contributed by atoms with Crippen LogP contribution in [0.1, 0.15) is 0 Å². The largest absolute Gasteiger partial charge is 0.480 e. The highest BCUT2D eigenvalue weighted by molar-refractivity contribution is 5.73. The summed E-state index contributed by atoms with van der Waals surface area (Å²) in [5.74, 6) is -1.39. The lowest BCUT2D eigenvalue weighted by molar-refractivity contribution is -0.176. The van der Waals surface area contributed by atoms with Gasteiger partial charge in [-0.25, -0.2) is 0 Å². The van der Waals surface area contributed by atoms with Gasteiger partial charge in [0.2, 0.25) is 0 Å². The van der Waals surface area contributed by atoms with Gasteiger partial charge in [0.1, 0.15) is 12.6 Å². The zero-order valence-electron chi connectivity index (χ0n) is 5.97. The number of aliphatic carboxylic acids is 1. The minimum absolute atomic E-state index is 0.644. The van der Waals surface area contributed by atoms with Crippen LogP contribution in [0.4, 0.5) is 13.2 Å². The molecule has 0 heterocycles. The van der Waals surface area contributed by atoms with Crippen LogP contribution < -0.4 is 5.73 Å². The van der Waals surface area contributed by atoms with Crippen molar-refractivity contribution in [2.75, 3.05) is 13.2 Å². The molecule has 0 aromatic rings. The Morgan fingerprint density at radius 3 is 2.42 bits per heavy atom. The molecular weight excluding hydrogens is 179 g/mol. The van der Waals surface area contributed by atoms with E-state index in [-0.39, 0.29) is 0 Å². The number of carbonyl (C=O) groups is 1. The molecule has 0 unspecified atom stereocenters. The van der Waals surface area contributed by atoms with Crippen molar-refractivity contribution in [1.29, 1.82) is 0 Å². The number of ether oxygens (including phenoxy) is 1. The molecule has 12 heavy (non-hydrogen) atoms. The highest BCUT2D eigenvalue weighted by atomic mass is 19.4. The predicted molar refractivity (Wildman–Crippen MR) is 32.5 cm³/mol. The van der Waals surface area contributed by atoms with Crippen LogP contribution >= 0.6 is 0 Å². The molecule has 0 saturated carbocycles. The van der Waals surface area contributed by atoms with Gasteiger partial charge in [-0.1, -0.05) is 0 Å². The lowest BCUT2D eigenvalue weighted by Crippen LogP contribution is -2.36. The zero-order valence-corrected chi connectivity index (χ0v) is 5.97. The summed E-state index contributed by atoms with van der Waals surface area (Å²) in [6.45, 7) is -2.12. The molecule has 0 spiro atoms. The summed E-state index contributed by atoms with van der Waals surface area (Å²) in [4.78, 5) is 9.97. The van der Waals surface area contributed by atoms with Crippen LogP contribution in [0, 0.1) is 0 Å². The van der Waals surface area contributed by atoms with Crippen molar-refractivity contribution in [1.82, 2.24) is 0 Å². The SMILES string of the molecule is N[C@H](COCC(F)(F)F)C(=O)O. The van der Waals surface area contributed by atoms with E-state index in [2.05, 4.69) is 4.74 Å². The third-order valence-corrected chi connectivity index (χ3v) is 0.880. The molecule has 0 aliphatic carbocycles. The maximum absolute atomic E-state index is 11.4. The first-order chi connectivity index (χ1) is 5.33. The summed E-state index contributed by atoms with van der Waals surface area (Å²) >= 11 is 0. The second-order valence-electron chi connectivity index (χ2n) is 2.08. The van der Waals surface area contributed by atoms with Crippen molar-refractivity contribution >= 4 is 5.97 Å². The highest BCUT2D eigenvalue weighted by Gasteiger charge is 2.28.